The first-order valence-corrected chi connectivity index (χ1v) is 7.90. The van der Waals surface area contributed by atoms with Crippen molar-refractivity contribution in [2.45, 2.75) is 6.42 Å². The molecule has 3 aromatic rings. The van der Waals surface area contributed by atoms with Gasteiger partial charge in [0.25, 0.3) is 0 Å². The monoisotopic (exact) mass is 371 g/mol. The maximum atomic E-state index is 13.0. The van der Waals surface area contributed by atoms with E-state index in [0.717, 1.165) is 18.2 Å². The quantitative estimate of drug-likeness (QED) is 0.534. The Morgan fingerprint density at radius 3 is 2.52 bits per heavy atom. The molecule has 0 saturated carbocycles. The Balaban J connectivity index is 0.00000126. The second-order valence-corrected chi connectivity index (χ2v) is 5.35. The highest BCUT2D eigenvalue weighted by atomic mass is 19.1. The van der Waals surface area contributed by atoms with Gasteiger partial charge >= 0.3 is 5.97 Å². The summed E-state index contributed by atoms with van der Waals surface area (Å²) in [6.07, 6.45) is 2.46. The van der Waals surface area contributed by atoms with Crippen LogP contribution in [0, 0.1) is 5.82 Å². The van der Waals surface area contributed by atoms with Crippen molar-refractivity contribution in [3.05, 3.63) is 64.9 Å². The average Bonchev–Trinajstić information content (AvgIpc) is 2.71. The summed E-state index contributed by atoms with van der Waals surface area (Å²) < 4.78 is 17.5. The van der Waals surface area contributed by atoms with E-state index < -0.39 is 11.7 Å². The number of nitrogens with two attached hydrogens (primary N) is 1. The van der Waals surface area contributed by atoms with Crippen molar-refractivity contribution in [1.29, 1.82) is 0 Å². The van der Waals surface area contributed by atoms with Gasteiger partial charge in [0.15, 0.2) is 17.7 Å². The smallest absolute Gasteiger partial charge is 0.360 e. The molecule has 140 valence electrons. The number of fused-ring (bicyclic) bond motifs is 1. The van der Waals surface area contributed by atoms with Gasteiger partial charge in [-0.3, -0.25) is 9.78 Å². The molecule has 0 fully saturated rings. The molecule has 7 nitrogen and oxygen atoms in total. The molecule has 0 saturated heterocycles. The summed E-state index contributed by atoms with van der Waals surface area (Å²) in [5, 5.41) is 10.5. The third-order valence-corrected chi connectivity index (χ3v) is 3.71. The van der Waals surface area contributed by atoms with E-state index in [2.05, 4.69) is 20.4 Å². The Bertz CT molecular complexity index is 975. The highest BCUT2D eigenvalue weighted by molar-refractivity contribution is 6.03. The molecule has 3 N–H and O–H groups in total. The predicted molar refractivity (Wildman–Crippen MR) is 97.2 cm³/mol. The number of pyridine rings is 2. The maximum absolute atomic E-state index is 13.0. The second-order valence-electron chi connectivity index (χ2n) is 5.35. The van der Waals surface area contributed by atoms with E-state index in [0.29, 0.717) is 18.1 Å². The number of hydrogen-bond acceptors (Lipinski definition) is 7. The van der Waals surface area contributed by atoms with Crippen molar-refractivity contribution in [2.75, 3.05) is 14.2 Å². The van der Waals surface area contributed by atoms with Crippen molar-refractivity contribution in [1.82, 2.24) is 9.97 Å². The number of hydrogen-bond donors (Lipinski definition) is 2. The fourth-order valence-electron chi connectivity index (χ4n) is 2.50. The molecule has 0 unspecified atom stereocenters. The molecule has 0 aliphatic rings. The first kappa shape index (κ1) is 19.9. The summed E-state index contributed by atoms with van der Waals surface area (Å²) in [5.41, 5.74) is 5.80. The number of carbonyl (C=O) groups is 2. The highest BCUT2D eigenvalue weighted by Crippen LogP contribution is 2.29. The minimum Gasteiger partial charge on any atom is -0.504 e. The number of rotatable bonds is 4. The third kappa shape index (κ3) is 4.24. The molecule has 0 bridgehead atoms. The van der Waals surface area contributed by atoms with Crippen LogP contribution in [0.15, 0.2) is 36.5 Å². The van der Waals surface area contributed by atoms with Crippen molar-refractivity contribution in [3.63, 3.8) is 0 Å². The van der Waals surface area contributed by atoms with Crippen LogP contribution >= 0.6 is 0 Å². The normalized spacial score (nSPS) is 10.1. The van der Waals surface area contributed by atoms with Gasteiger partial charge in [-0.25, -0.2) is 14.2 Å². The number of aldehydes is 1. The van der Waals surface area contributed by atoms with Gasteiger partial charge in [0.2, 0.25) is 0 Å². The molecule has 1 aromatic carbocycles. The number of esters is 1. The zero-order chi connectivity index (χ0) is 20.0. The van der Waals surface area contributed by atoms with Crippen molar-refractivity contribution >= 4 is 23.2 Å². The highest BCUT2D eigenvalue weighted by Gasteiger charge is 2.20. The summed E-state index contributed by atoms with van der Waals surface area (Å²) in [5.74, 6) is -1.63. The number of aromatic nitrogens is 2. The van der Waals surface area contributed by atoms with Crippen LogP contribution in [-0.4, -0.2) is 41.5 Å². The Kier molecular flexibility index (Phi) is 6.51. The van der Waals surface area contributed by atoms with Gasteiger partial charge in [-0.1, -0.05) is 12.1 Å². The molecule has 8 heteroatoms. The van der Waals surface area contributed by atoms with E-state index in [-0.39, 0.29) is 22.7 Å². The fourth-order valence-corrected chi connectivity index (χ4v) is 2.50. The standard InChI is InChI=1S/C18H13FN2O4.CH5N/c1-25-18(24)16-17(23)15-13(14(9-22)21-16)7-11(8-20-15)6-10-2-4-12(19)5-3-10;1-2/h2-5,7-9,23H,6H2,1H3;2H2,1H3. The number of benzene rings is 1. The topological polar surface area (TPSA) is 115 Å². The largest absolute Gasteiger partial charge is 0.504 e. The summed E-state index contributed by atoms with van der Waals surface area (Å²) in [7, 11) is 2.65. The number of carbonyl (C=O) groups excluding carboxylic acids is 2. The SMILES string of the molecule is CN.COC(=O)c1nc(C=O)c2cc(Cc3ccc(F)cc3)cnc2c1O. The van der Waals surface area contributed by atoms with Gasteiger partial charge in [-0.15, -0.1) is 0 Å². The number of methoxy groups -OCH3 is 1. The molecule has 0 aliphatic carbocycles. The van der Waals surface area contributed by atoms with E-state index >= 15 is 0 Å². The van der Waals surface area contributed by atoms with Crippen LogP contribution in [0.5, 0.6) is 5.75 Å². The number of ether oxygens (including phenoxy) is 1. The molecule has 2 aromatic heterocycles. The van der Waals surface area contributed by atoms with Crippen LogP contribution in [0.25, 0.3) is 10.9 Å². The van der Waals surface area contributed by atoms with Crippen LogP contribution in [-0.2, 0) is 11.2 Å². The minimum atomic E-state index is -0.861. The molecule has 0 spiro atoms. The first-order valence-electron chi connectivity index (χ1n) is 7.90. The molecule has 3 rings (SSSR count). The lowest BCUT2D eigenvalue weighted by molar-refractivity contribution is 0.0590. The van der Waals surface area contributed by atoms with E-state index in [1.807, 2.05) is 0 Å². The first-order chi connectivity index (χ1) is 13.0. The van der Waals surface area contributed by atoms with Crippen molar-refractivity contribution in [3.8, 4) is 5.75 Å². The summed E-state index contributed by atoms with van der Waals surface area (Å²) in [4.78, 5) is 31.0. The lowest BCUT2D eigenvalue weighted by Crippen LogP contribution is -2.08. The van der Waals surface area contributed by atoms with Gasteiger partial charge in [-0.2, -0.15) is 0 Å². The molecular weight excluding hydrogens is 353 g/mol. The number of nitrogens with zero attached hydrogens (tertiary/aromatic N) is 2. The fraction of sp³-hybridized carbons (Fsp3) is 0.158. The van der Waals surface area contributed by atoms with E-state index in [1.54, 1.807) is 18.2 Å². The summed E-state index contributed by atoms with van der Waals surface area (Å²) >= 11 is 0. The van der Waals surface area contributed by atoms with Crippen molar-refractivity contribution < 1.29 is 23.8 Å². The zero-order valence-electron chi connectivity index (χ0n) is 14.8. The van der Waals surface area contributed by atoms with Gasteiger partial charge in [0, 0.05) is 11.6 Å². The Morgan fingerprint density at radius 1 is 1.26 bits per heavy atom. The van der Waals surface area contributed by atoms with Crippen LogP contribution < -0.4 is 5.73 Å². The number of aromatic hydroxyl groups is 1. The summed E-state index contributed by atoms with van der Waals surface area (Å²) in [6, 6.07) is 7.67. The molecule has 27 heavy (non-hydrogen) atoms. The van der Waals surface area contributed by atoms with Gasteiger partial charge in [-0.05, 0) is 42.8 Å². The Morgan fingerprint density at radius 2 is 1.93 bits per heavy atom. The molecule has 0 aliphatic heterocycles. The average molecular weight is 371 g/mol. The molecule has 2 heterocycles. The van der Waals surface area contributed by atoms with Gasteiger partial charge in [0.05, 0.1) is 7.11 Å². The zero-order valence-corrected chi connectivity index (χ0v) is 14.8. The van der Waals surface area contributed by atoms with E-state index in [4.69, 9.17) is 0 Å². The lowest BCUT2D eigenvalue weighted by Gasteiger charge is -2.09. The summed E-state index contributed by atoms with van der Waals surface area (Å²) in [6.45, 7) is 0. The minimum absolute atomic E-state index is 0.0262. The molecule has 0 atom stereocenters. The second kappa shape index (κ2) is 8.81. The van der Waals surface area contributed by atoms with E-state index in [9.17, 15) is 19.1 Å². The maximum Gasteiger partial charge on any atom is 0.360 e. The predicted octanol–water partition coefficient (Wildman–Crippen LogP) is 2.24. The van der Waals surface area contributed by atoms with Crippen LogP contribution in [0.2, 0.25) is 0 Å². The molecule has 0 radical (unpaired) electrons. The van der Waals surface area contributed by atoms with Gasteiger partial charge in [0.1, 0.15) is 17.0 Å². The molecular formula is C19H18FN3O4. The van der Waals surface area contributed by atoms with E-state index in [1.165, 1.54) is 25.4 Å². The van der Waals surface area contributed by atoms with Crippen molar-refractivity contribution in [2.24, 2.45) is 5.73 Å². The molecule has 0 amide bonds. The van der Waals surface area contributed by atoms with Gasteiger partial charge < -0.3 is 15.6 Å². The van der Waals surface area contributed by atoms with Crippen LogP contribution in [0.3, 0.4) is 0 Å². The van der Waals surface area contributed by atoms with Crippen LogP contribution in [0.1, 0.15) is 32.1 Å². The Labute approximate surface area is 154 Å². The third-order valence-electron chi connectivity index (χ3n) is 3.71. The van der Waals surface area contributed by atoms with Crippen LogP contribution in [0.4, 0.5) is 4.39 Å². The Hall–Kier alpha value is -3.39. The number of halogens is 1. The lowest BCUT2D eigenvalue weighted by atomic mass is 10.0.